The molecule has 0 saturated heterocycles. The molecule has 0 spiro atoms. The third-order valence-corrected chi connectivity index (χ3v) is 3.31. The Bertz CT molecular complexity index is 668. The molecule has 1 aromatic heterocycles. The van der Waals surface area contributed by atoms with Crippen molar-refractivity contribution in [1.29, 1.82) is 0 Å². The van der Waals surface area contributed by atoms with Crippen LogP contribution in [0, 0.1) is 5.92 Å². The Balaban J connectivity index is 2.01. The summed E-state index contributed by atoms with van der Waals surface area (Å²) >= 11 is 0. The predicted molar refractivity (Wildman–Crippen MR) is 83.9 cm³/mol. The highest BCUT2D eigenvalue weighted by Crippen LogP contribution is 2.15. The van der Waals surface area contributed by atoms with Crippen LogP contribution in [-0.2, 0) is 16.1 Å². The molecule has 2 aromatic rings. The largest absolute Gasteiger partial charge is 0.350 e. The number of nitrogens with one attached hydrogen (secondary N) is 3. The van der Waals surface area contributed by atoms with Gasteiger partial charge in [0.1, 0.15) is 6.04 Å². The molecule has 2 rings (SSSR count). The predicted octanol–water partition coefficient (Wildman–Crippen LogP) is 0.644. The van der Waals surface area contributed by atoms with E-state index in [0.29, 0.717) is 12.4 Å². The van der Waals surface area contributed by atoms with Gasteiger partial charge >= 0.3 is 0 Å². The van der Waals surface area contributed by atoms with Crippen LogP contribution in [0.15, 0.2) is 24.3 Å². The van der Waals surface area contributed by atoms with Crippen molar-refractivity contribution in [3.63, 3.8) is 0 Å². The van der Waals surface area contributed by atoms with E-state index in [1.54, 1.807) is 0 Å². The highest BCUT2D eigenvalue weighted by Gasteiger charge is 2.22. The van der Waals surface area contributed by atoms with Crippen molar-refractivity contribution in [3.8, 4) is 11.4 Å². The standard InChI is InChI=1S/C15H20N6O2/c1-9(2)13(17-10(3)22)15(23)16-8-11-5-4-6-12(7-11)14-18-20-21-19-14/h4-7,9,13H,8H2,1-3H3,(H,16,23)(H,17,22)(H,18,19,20,21)/t13-/m0/s1. The van der Waals surface area contributed by atoms with Gasteiger partial charge in [-0.3, -0.25) is 9.59 Å². The number of aromatic amines is 1. The number of hydrogen-bond acceptors (Lipinski definition) is 5. The van der Waals surface area contributed by atoms with Crippen molar-refractivity contribution in [2.45, 2.75) is 33.4 Å². The first-order chi connectivity index (χ1) is 11.0. The summed E-state index contributed by atoms with van der Waals surface area (Å²) in [5.41, 5.74) is 1.72. The van der Waals surface area contributed by atoms with Crippen LogP contribution in [0.3, 0.4) is 0 Å². The smallest absolute Gasteiger partial charge is 0.243 e. The summed E-state index contributed by atoms with van der Waals surface area (Å²) in [6.07, 6.45) is 0. The van der Waals surface area contributed by atoms with Crippen LogP contribution >= 0.6 is 0 Å². The van der Waals surface area contributed by atoms with Gasteiger partial charge in [0.15, 0.2) is 0 Å². The van der Waals surface area contributed by atoms with Gasteiger partial charge in [-0.1, -0.05) is 32.0 Å². The Kier molecular flexibility index (Phi) is 5.40. The van der Waals surface area contributed by atoms with Gasteiger partial charge in [-0.05, 0) is 22.8 Å². The van der Waals surface area contributed by atoms with E-state index in [0.717, 1.165) is 11.1 Å². The van der Waals surface area contributed by atoms with E-state index in [1.807, 2.05) is 38.1 Å². The minimum absolute atomic E-state index is 0.00423. The lowest BCUT2D eigenvalue weighted by Crippen LogP contribution is -2.48. The zero-order chi connectivity index (χ0) is 16.8. The number of benzene rings is 1. The van der Waals surface area contributed by atoms with Crippen molar-refractivity contribution in [2.24, 2.45) is 5.92 Å². The highest BCUT2D eigenvalue weighted by atomic mass is 16.2. The molecular weight excluding hydrogens is 296 g/mol. The van der Waals surface area contributed by atoms with E-state index in [4.69, 9.17) is 0 Å². The number of carbonyl (C=O) groups excluding carboxylic acids is 2. The number of nitrogens with zero attached hydrogens (tertiary/aromatic N) is 3. The van der Waals surface area contributed by atoms with Crippen molar-refractivity contribution in [1.82, 2.24) is 31.3 Å². The van der Waals surface area contributed by atoms with E-state index in [2.05, 4.69) is 31.3 Å². The molecule has 1 atom stereocenters. The van der Waals surface area contributed by atoms with Gasteiger partial charge in [-0.25, -0.2) is 0 Å². The van der Waals surface area contributed by atoms with E-state index >= 15 is 0 Å². The molecule has 0 aliphatic heterocycles. The monoisotopic (exact) mass is 316 g/mol. The molecule has 2 amide bonds. The first-order valence-corrected chi connectivity index (χ1v) is 7.35. The van der Waals surface area contributed by atoms with Crippen LogP contribution in [-0.4, -0.2) is 38.5 Å². The van der Waals surface area contributed by atoms with Gasteiger partial charge < -0.3 is 10.6 Å². The maximum atomic E-state index is 12.2. The lowest BCUT2D eigenvalue weighted by atomic mass is 10.0. The zero-order valence-electron chi connectivity index (χ0n) is 13.3. The third kappa shape index (κ3) is 4.60. The van der Waals surface area contributed by atoms with E-state index in [1.165, 1.54) is 6.92 Å². The molecular formula is C15H20N6O2. The van der Waals surface area contributed by atoms with Gasteiger partial charge in [0.25, 0.3) is 0 Å². The van der Waals surface area contributed by atoms with Gasteiger partial charge in [0.05, 0.1) is 0 Å². The van der Waals surface area contributed by atoms with E-state index < -0.39 is 6.04 Å². The van der Waals surface area contributed by atoms with Crippen LogP contribution < -0.4 is 10.6 Å². The molecule has 0 bridgehead atoms. The number of hydrogen-bond donors (Lipinski definition) is 3. The van der Waals surface area contributed by atoms with Crippen molar-refractivity contribution in [2.75, 3.05) is 0 Å². The second-order valence-electron chi connectivity index (χ2n) is 5.58. The quantitative estimate of drug-likeness (QED) is 0.724. The SMILES string of the molecule is CC(=O)N[C@H](C(=O)NCc1cccc(-c2nn[nH]n2)c1)C(C)C. The summed E-state index contributed by atoms with van der Waals surface area (Å²) in [6.45, 7) is 5.53. The fourth-order valence-electron chi connectivity index (χ4n) is 2.16. The topological polar surface area (TPSA) is 113 Å². The fourth-order valence-corrected chi connectivity index (χ4v) is 2.16. The molecule has 122 valence electrons. The average Bonchev–Trinajstić information content (AvgIpc) is 3.04. The Hall–Kier alpha value is -2.77. The lowest BCUT2D eigenvalue weighted by Gasteiger charge is -2.21. The normalized spacial score (nSPS) is 12.0. The highest BCUT2D eigenvalue weighted by molar-refractivity contribution is 5.87. The molecule has 0 fully saturated rings. The van der Waals surface area contributed by atoms with Gasteiger partial charge in [0.2, 0.25) is 17.6 Å². The first-order valence-electron chi connectivity index (χ1n) is 7.35. The Labute approximate surface area is 134 Å². The minimum atomic E-state index is -0.548. The van der Waals surface area contributed by atoms with Crippen molar-refractivity contribution < 1.29 is 9.59 Å². The van der Waals surface area contributed by atoms with Crippen LogP contribution in [0.4, 0.5) is 0 Å². The van der Waals surface area contributed by atoms with Crippen molar-refractivity contribution in [3.05, 3.63) is 29.8 Å². The van der Waals surface area contributed by atoms with E-state index in [-0.39, 0.29) is 17.7 Å². The maximum absolute atomic E-state index is 12.2. The van der Waals surface area contributed by atoms with Crippen LogP contribution in [0.1, 0.15) is 26.3 Å². The van der Waals surface area contributed by atoms with Gasteiger partial charge in [-0.15, -0.1) is 10.2 Å². The summed E-state index contributed by atoms with van der Waals surface area (Å²) in [4.78, 5) is 23.4. The van der Waals surface area contributed by atoms with Crippen LogP contribution in [0.5, 0.6) is 0 Å². The molecule has 3 N–H and O–H groups in total. The van der Waals surface area contributed by atoms with E-state index in [9.17, 15) is 9.59 Å². The maximum Gasteiger partial charge on any atom is 0.243 e. The fraction of sp³-hybridized carbons (Fsp3) is 0.400. The average molecular weight is 316 g/mol. The molecule has 23 heavy (non-hydrogen) atoms. The number of H-pyrrole nitrogens is 1. The Morgan fingerprint density at radius 2 is 2.09 bits per heavy atom. The summed E-state index contributed by atoms with van der Waals surface area (Å²) in [5, 5.41) is 19.3. The first kappa shape index (κ1) is 16.6. The Morgan fingerprint density at radius 3 is 2.70 bits per heavy atom. The molecule has 0 unspecified atom stereocenters. The number of rotatable bonds is 6. The molecule has 8 heteroatoms. The number of aromatic nitrogens is 4. The van der Waals surface area contributed by atoms with Crippen molar-refractivity contribution >= 4 is 11.8 Å². The second-order valence-corrected chi connectivity index (χ2v) is 5.58. The zero-order valence-corrected chi connectivity index (χ0v) is 13.3. The molecule has 1 heterocycles. The van der Waals surface area contributed by atoms with Crippen LogP contribution in [0.25, 0.3) is 11.4 Å². The summed E-state index contributed by atoms with van der Waals surface area (Å²) in [7, 11) is 0. The number of tetrazole rings is 1. The molecule has 0 aliphatic carbocycles. The third-order valence-electron chi connectivity index (χ3n) is 3.31. The summed E-state index contributed by atoms with van der Waals surface area (Å²) in [6, 6.07) is 6.96. The second kappa shape index (κ2) is 7.48. The van der Waals surface area contributed by atoms with Gasteiger partial charge in [0, 0.05) is 19.0 Å². The Morgan fingerprint density at radius 1 is 1.30 bits per heavy atom. The van der Waals surface area contributed by atoms with Crippen LogP contribution in [0.2, 0.25) is 0 Å². The lowest BCUT2D eigenvalue weighted by molar-refractivity contribution is -0.129. The molecule has 0 saturated carbocycles. The summed E-state index contributed by atoms with van der Waals surface area (Å²) < 4.78 is 0. The molecule has 0 aliphatic rings. The van der Waals surface area contributed by atoms with Gasteiger partial charge in [-0.2, -0.15) is 5.21 Å². The molecule has 0 radical (unpaired) electrons. The minimum Gasteiger partial charge on any atom is -0.350 e. The summed E-state index contributed by atoms with van der Waals surface area (Å²) in [5.74, 6) is 0.0687. The molecule has 1 aromatic carbocycles. The number of amides is 2. The number of carbonyl (C=O) groups is 2. The molecule has 8 nitrogen and oxygen atoms in total.